The molecule has 5 nitrogen and oxygen atoms in total. The predicted molar refractivity (Wildman–Crippen MR) is 153 cm³/mol. The van der Waals surface area contributed by atoms with Crippen LogP contribution in [-0.4, -0.2) is 18.5 Å². The molecule has 0 spiro atoms. The van der Waals surface area contributed by atoms with Crippen molar-refractivity contribution in [2.45, 2.75) is 27.4 Å². The molecule has 0 aliphatic heterocycles. The Bertz CT molecular complexity index is 1430. The van der Waals surface area contributed by atoms with Crippen molar-refractivity contribution in [1.82, 2.24) is 0 Å². The molecule has 0 unspecified atom stereocenters. The smallest absolute Gasteiger partial charge is 0.338 e. The summed E-state index contributed by atoms with van der Waals surface area (Å²) >= 11 is 6.43. The van der Waals surface area contributed by atoms with Gasteiger partial charge in [0.2, 0.25) is 5.91 Å². The number of ether oxygens (including phenoxy) is 2. The van der Waals surface area contributed by atoms with Crippen LogP contribution in [-0.2, 0) is 16.1 Å². The van der Waals surface area contributed by atoms with E-state index in [-0.39, 0.29) is 18.4 Å². The number of amides is 1. The van der Waals surface area contributed by atoms with Crippen molar-refractivity contribution in [2.24, 2.45) is 5.92 Å². The Hall–Kier alpha value is -4.09. The number of halogens is 1. The van der Waals surface area contributed by atoms with Gasteiger partial charge in [0.25, 0.3) is 0 Å². The molecule has 6 heteroatoms. The molecule has 0 saturated carbocycles. The minimum absolute atomic E-state index is 0.142. The van der Waals surface area contributed by atoms with Gasteiger partial charge in [0, 0.05) is 22.2 Å². The molecule has 4 rings (SSSR count). The lowest BCUT2D eigenvalue weighted by Crippen LogP contribution is -2.18. The third-order valence-electron chi connectivity index (χ3n) is 5.94. The van der Waals surface area contributed by atoms with Crippen molar-refractivity contribution in [3.05, 3.63) is 107 Å². The van der Waals surface area contributed by atoms with Crippen molar-refractivity contribution in [2.75, 3.05) is 11.9 Å². The van der Waals surface area contributed by atoms with E-state index in [1.165, 1.54) is 0 Å². The van der Waals surface area contributed by atoms with Crippen LogP contribution < -0.4 is 10.1 Å². The van der Waals surface area contributed by atoms with Gasteiger partial charge in [0.15, 0.2) is 0 Å². The van der Waals surface area contributed by atoms with Crippen LogP contribution >= 0.6 is 11.6 Å². The van der Waals surface area contributed by atoms with Gasteiger partial charge in [-0.3, -0.25) is 4.79 Å². The molecule has 194 valence electrons. The first-order valence-electron chi connectivity index (χ1n) is 12.5. The summed E-state index contributed by atoms with van der Waals surface area (Å²) in [4.78, 5) is 25.2. The molecule has 4 aromatic carbocycles. The lowest BCUT2D eigenvalue weighted by molar-refractivity contribution is -0.118. The molecule has 0 bridgehead atoms. The molecular weight excluding hydrogens is 498 g/mol. The maximum Gasteiger partial charge on any atom is 0.338 e. The van der Waals surface area contributed by atoms with E-state index in [4.69, 9.17) is 21.1 Å². The van der Waals surface area contributed by atoms with Crippen molar-refractivity contribution in [1.29, 1.82) is 0 Å². The van der Waals surface area contributed by atoms with Crippen molar-refractivity contribution < 1.29 is 19.1 Å². The van der Waals surface area contributed by atoms with E-state index < -0.39 is 5.97 Å². The second-order valence-corrected chi connectivity index (χ2v) is 9.56. The fraction of sp³-hybridized carbons (Fsp3) is 0.188. The average molecular weight is 528 g/mol. The molecule has 0 fully saturated rings. The third kappa shape index (κ3) is 6.61. The van der Waals surface area contributed by atoms with Crippen LogP contribution in [0.1, 0.15) is 36.7 Å². The van der Waals surface area contributed by atoms with Crippen LogP contribution in [0.2, 0.25) is 5.02 Å². The predicted octanol–water partition coefficient (Wildman–Crippen LogP) is 8.02. The topological polar surface area (TPSA) is 64.6 Å². The molecule has 0 saturated heterocycles. The van der Waals surface area contributed by atoms with Crippen molar-refractivity contribution >= 4 is 29.2 Å². The third-order valence-corrected chi connectivity index (χ3v) is 6.18. The highest BCUT2D eigenvalue weighted by atomic mass is 35.5. The Balaban J connectivity index is 1.80. The van der Waals surface area contributed by atoms with Crippen LogP contribution in [0.15, 0.2) is 91.0 Å². The molecule has 0 atom stereocenters. The zero-order valence-corrected chi connectivity index (χ0v) is 22.4. The van der Waals surface area contributed by atoms with Crippen molar-refractivity contribution in [3.8, 4) is 28.0 Å². The van der Waals surface area contributed by atoms with Crippen LogP contribution in [0, 0.1) is 5.92 Å². The largest absolute Gasteiger partial charge is 0.488 e. The standard InChI is InChI=1S/C32H30ClNO4/c1-4-37-32(36)24-16-23(17-26(18-24)34-31(35)21(2)3)27-12-8-9-13-28(27)29-19-25(33)14-15-30(29)38-20-22-10-6-5-7-11-22/h5-19,21H,4,20H2,1-3H3,(H,34,35). The summed E-state index contributed by atoms with van der Waals surface area (Å²) in [5, 5.41) is 3.49. The first-order chi connectivity index (χ1) is 18.4. The van der Waals surface area contributed by atoms with Crippen LogP contribution in [0.25, 0.3) is 22.3 Å². The van der Waals surface area contributed by atoms with E-state index >= 15 is 0 Å². The van der Waals surface area contributed by atoms with Gasteiger partial charge in [-0.05, 0) is 65.6 Å². The summed E-state index contributed by atoms with van der Waals surface area (Å²) in [7, 11) is 0. The molecule has 0 aromatic heterocycles. The minimum atomic E-state index is -0.457. The van der Waals surface area contributed by atoms with Crippen molar-refractivity contribution in [3.63, 3.8) is 0 Å². The highest BCUT2D eigenvalue weighted by Crippen LogP contribution is 2.40. The Morgan fingerprint density at radius 1 is 0.842 bits per heavy atom. The SMILES string of the molecule is CCOC(=O)c1cc(NC(=O)C(C)C)cc(-c2ccccc2-c2cc(Cl)ccc2OCc2ccccc2)c1. The lowest BCUT2D eigenvalue weighted by Gasteiger charge is -2.17. The van der Waals surface area contributed by atoms with Crippen LogP contribution in [0.4, 0.5) is 5.69 Å². The zero-order chi connectivity index (χ0) is 27.1. The maximum absolute atomic E-state index is 12.7. The number of benzene rings is 4. The van der Waals surface area contributed by atoms with Gasteiger partial charge in [-0.1, -0.05) is 80.0 Å². The first kappa shape index (κ1) is 27.0. The molecule has 0 heterocycles. The maximum atomic E-state index is 12.7. The highest BCUT2D eigenvalue weighted by Gasteiger charge is 2.17. The molecule has 0 aliphatic rings. The molecule has 1 amide bonds. The van der Waals surface area contributed by atoms with Gasteiger partial charge in [0.05, 0.1) is 12.2 Å². The van der Waals surface area contributed by atoms with E-state index in [1.54, 1.807) is 25.1 Å². The van der Waals surface area contributed by atoms with E-state index in [0.717, 1.165) is 27.8 Å². The fourth-order valence-corrected chi connectivity index (χ4v) is 4.19. The quantitative estimate of drug-likeness (QED) is 0.224. The van der Waals surface area contributed by atoms with E-state index in [2.05, 4.69) is 5.32 Å². The number of rotatable bonds is 9. The summed E-state index contributed by atoms with van der Waals surface area (Å²) in [5.41, 5.74) is 5.22. The van der Waals surface area contributed by atoms with Gasteiger partial charge in [-0.15, -0.1) is 0 Å². The lowest BCUT2D eigenvalue weighted by atomic mass is 9.92. The second kappa shape index (κ2) is 12.4. The molecule has 0 radical (unpaired) electrons. The summed E-state index contributed by atoms with van der Waals surface area (Å²) in [5.74, 6) is -0.133. The van der Waals surface area contributed by atoms with E-state index in [0.29, 0.717) is 28.6 Å². The Morgan fingerprint density at radius 2 is 1.55 bits per heavy atom. The fourth-order valence-electron chi connectivity index (χ4n) is 4.02. The van der Waals surface area contributed by atoms with Gasteiger partial charge in [-0.2, -0.15) is 0 Å². The normalized spacial score (nSPS) is 10.8. The number of esters is 1. The second-order valence-electron chi connectivity index (χ2n) is 9.12. The van der Waals surface area contributed by atoms with Crippen LogP contribution in [0.3, 0.4) is 0 Å². The molecule has 4 aromatic rings. The number of carbonyl (C=O) groups is 2. The summed E-state index contributed by atoms with van der Waals surface area (Å²) < 4.78 is 11.5. The average Bonchev–Trinajstić information content (AvgIpc) is 2.92. The van der Waals surface area contributed by atoms with Gasteiger partial charge < -0.3 is 14.8 Å². The molecule has 1 N–H and O–H groups in total. The summed E-state index contributed by atoms with van der Waals surface area (Å²) in [6.07, 6.45) is 0. The first-order valence-corrected chi connectivity index (χ1v) is 12.9. The number of anilines is 1. The summed E-state index contributed by atoms with van der Waals surface area (Å²) in [6.45, 7) is 6.04. The molecule has 38 heavy (non-hydrogen) atoms. The number of hydrogen-bond donors (Lipinski definition) is 1. The number of nitrogens with one attached hydrogen (secondary N) is 1. The highest BCUT2D eigenvalue weighted by molar-refractivity contribution is 6.31. The van der Waals surface area contributed by atoms with Crippen LogP contribution in [0.5, 0.6) is 5.75 Å². The van der Waals surface area contributed by atoms with Gasteiger partial charge >= 0.3 is 5.97 Å². The van der Waals surface area contributed by atoms with Gasteiger partial charge in [-0.25, -0.2) is 4.79 Å². The number of carbonyl (C=O) groups excluding carboxylic acids is 2. The van der Waals surface area contributed by atoms with Gasteiger partial charge in [0.1, 0.15) is 12.4 Å². The Morgan fingerprint density at radius 3 is 2.26 bits per heavy atom. The number of hydrogen-bond acceptors (Lipinski definition) is 4. The van der Waals surface area contributed by atoms with E-state index in [1.807, 2.05) is 86.6 Å². The Kier molecular flexibility index (Phi) is 8.82. The molecular formula is C32H30ClNO4. The monoisotopic (exact) mass is 527 g/mol. The minimum Gasteiger partial charge on any atom is -0.488 e. The zero-order valence-electron chi connectivity index (χ0n) is 21.7. The molecule has 0 aliphatic carbocycles. The van der Waals surface area contributed by atoms with E-state index in [9.17, 15) is 9.59 Å². The Labute approximate surface area is 228 Å². The summed E-state index contributed by atoms with van der Waals surface area (Å²) in [6, 6.07) is 28.6.